The Morgan fingerprint density at radius 2 is 0.806 bits per heavy atom. The van der Waals surface area contributed by atoms with Crippen molar-refractivity contribution in [1.82, 2.24) is 0 Å². The van der Waals surface area contributed by atoms with E-state index >= 15 is 0 Å². The molecule has 11 aromatic carbocycles. The van der Waals surface area contributed by atoms with E-state index in [-0.39, 0.29) is 46.7 Å². The van der Waals surface area contributed by atoms with E-state index < -0.39 is 24.2 Å². The molecular weight excluding hydrogens is 751 g/mol. The van der Waals surface area contributed by atoms with Gasteiger partial charge >= 0.3 is 0 Å². The molecular formula is C60H39NO. The van der Waals surface area contributed by atoms with Crippen molar-refractivity contribution in [2.24, 2.45) is 0 Å². The molecule has 0 radical (unpaired) electrons. The van der Waals surface area contributed by atoms with Gasteiger partial charge in [0.25, 0.3) is 0 Å². The van der Waals surface area contributed by atoms with E-state index in [1.54, 1.807) is 30.3 Å². The SMILES string of the molecule is [2H]c1c([2H])c(N(c2ccccc2-c2ccc3c(c2)oc2c4ccccc4ccc32)c2c([2H])c([2H])c(-c3cccc4ccccc34)c([2H])c2[2H])c([2H])c([2H])c1-c1ccc(-c2cccc3ccccc23)cc1. The van der Waals surface area contributed by atoms with Crippen molar-refractivity contribution in [2.45, 2.75) is 0 Å². The van der Waals surface area contributed by atoms with Gasteiger partial charge in [0, 0.05) is 33.1 Å². The van der Waals surface area contributed by atoms with Crippen LogP contribution in [-0.4, -0.2) is 0 Å². The molecule has 2 nitrogen and oxygen atoms in total. The van der Waals surface area contributed by atoms with Gasteiger partial charge in [0.1, 0.15) is 11.2 Å². The maximum Gasteiger partial charge on any atom is 0.143 e. The van der Waals surface area contributed by atoms with Gasteiger partial charge in [0.2, 0.25) is 0 Å². The first-order valence-electron chi connectivity index (χ1n) is 24.6. The maximum atomic E-state index is 9.78. The summed E-state index contributed by atoms with van der Waals surface area (Å²) in [6, 6.07) is 57.1. The van der Waals surface area contributed by atoms with Gasteiger partial charge in [0.15, 0.2) is 0 Å². The molecule has 62 heavy (non-hydrogen) atoms. The zero-order valence-corrected chi connectivity index (χ0v) is 33.3. The van der Waals surface area contributed by atoms with E-state index in [1.807, 2.05) is 127 Å². The molecule has 0 atom stereocenters. The van der Waals surface area contributed by atoms with Gasteiger partial charge in [-0.1, -0.05) is 188 Å². The molecule has 0 amide bonds. The van der Waals surface area contributed by atoms with Crippen molar-refractivity contribution in [2.75, 3.05) is 4.90 Å². The molecule has 2 heteroatoms. The standard InChI is InChI=1S/C60H39NO/c1-4-16-50-42(11-1)14-9-20-52(50)45-25-23-40(24-26-45)41-27-33-48(34-28-41)61(49-35-29-46(30-36-49)53-21-10-15-43-12-2-5-17-51(43)53)58-22-8-7-18-54(58)47-32-37-56-57-38-31-44-13-3-6-19-55(44)60(57)62-59(56)39-47/h1-39H/i27D,28D,29D,30D,33D,34D,35D,36D. The lowest BCUT2D eigenvalue weighted by Gasteiger charge is -2.28. The third-order valence-corrected chi connectivity index (χ3v) is 11.8. The summed E-state index contributed by atoms with van der Waals surface area (Å²) in [5.41, 5.74) is 5.63. The van der Waals surface area contributed by atoms with Crippen LogP contribution in [0.2, 0.25) is 0 Å². The minimum absolute atomic E-state index is 0.0881. The summed E-state index contributed by atoms with van der Waals surface area (Å²) < 4.78 is 84.1. The number of fused-ring (bicyclic) bond motifs is 7. The van der Waals surface area contributed by atoms with E-state index in [0.717, 1.165) is 59.8 Å². The molecule has 0 N–H and O–H groups in total. The van der Waals surface area contributed by atoms with Gasteiger partial charge in [-0.3, -0.25) is 0 Å². The van der Waals surface area contributed by atoms with Gasteiger partial charge in [0.05, 0.1) is 16.7 Å². The molecule has 0 bridgehead atoms. The summed E-state index contributed by atoms with van der Waals surface area (Å²) in [5, 5.41) is 7.70. The van der Waals surface area contributed by atoms with E-state index in [2.05, 4.69) is 30.3 Å². The fourth-order valence-corrected chi connectivity index (χ4v) is 8.79. The van der Waals surface area contributed by atoms with E-state index in [4.69, 9.17) is 4.42 Å². The van der Waals surface area contributed by atoms with Crippen LogP contribution in [-0.2, 0) is 0 Å². The topological polar surface area (TPSA) is 16.4 Å². The van der Waals surface area contributed by atoms with Gasteiger partial charge in [-0.25, -0.2) is 0 Å². The molecule has 0 spiro atoms. The second-order valence-corrected chi connectivity index (χ2v) is 15.4. The zero-order valence-electron chi connectivity index (χ0n) is 41.3. The molecule has 0 aliphatic carbocycles. The fourth-order valence-electron chi connectivity index (χ4n) is 8.79. The molecule has 0 fully saturated rings. The first-order chi connectivity index (χ1) is 34.1. The van der Waals surface area contributed by atoms with Crippen molar-refractivity contribution in [3.8, 4) is 44.5 Å². The highest BCUT2D eigenvalue weighted by Crippen LogP contribution is 2.44. The number of rotatable bonds is 7. The largest absolute Gasteiger partial charge is 0.455 e. The van der Waals surface area contributed by atoms with E-state index in [0.29, 0.717) is 33.5 Å². The average Bonchev–Trinajstić information content (AvgIpc) is 3.78. The number of anilines is 3. The second-order valence-electron chi connectivity index (χ2n) is 15.4. The van der Waals surface area contributed by atoms with Gasteiger partial charge < -0.3 is 9.32 Å². The molecule has 290 valence electrons. The molecule has 0 saturated carbocycles. The van der Waals surface area contributed by atoms with Crippen LogP contribution in [0.4, 0.5) is 17.1 Å². The molecule has 0 unspecified atom stereocenters. The molecule has 12 aromatic rings. The quantitative estimate of drug-likeness (QED) is 0.160. The lowest BCUT2D eigenvalue weighted by atomic mass is 9.96. The number of para-hydroxylation sites is 1. The lowest BCUT2D eigenvalue weighted by Crippen LogP contribution is -2.11. The summed E-state index contributed by atoms with van der Waals surface area (Å²) in [7, 11) is 0. The van der Waals surface area contributed by atoms with Crippen molar-refractivity contribution in [3.63, 3.8) is 0 Å². The maximum absolute atomic E-state index is 9.78. The van der Waals surface area contributed by atoms with Crippen molar-refractivity contribution >= 4 is 71.3 Å². The van der Waals surface area contributed by atoms with E-state index in [9.17, 15) is 11.0 Å². The highest BCUT2D eigenvalue weighted by Gasteiger charge is 2.19. The number of benzene rings is 11. The summed E-state index contributed by atoms with van der Waals surface area (Å²) in [4.78, 5) is 1.38. The Morgan fingerprint density at radius 1 is 0.323 bits per heavy atom. The summed E-state index contributed by atoms with van der Waals surface area (Å²) >= 11 is 0. The van der Waals surface area contributed by atoms with Crippen LogP contribution in [0.5, 0.6) is 0 Å². The van der Waals surface area contributed by atoms with Crippen LogP contribution in [0.3, 0.4) is 0 Å². The van der Waals surface area contributed by atoms with Crippen LogP contribution in [0.15, 0.2) is 241 Å². The van der Waals surface area contributed by atoms with E-state index in [1.165, 1.54) is 4.90 Å². The third kappa shape index (κ3) is 6.12. The van der Waals surface area contributed by atoms with Crippen molar-refractivity contribution < 1.29 is 15.4 Å². The van der Waals surface area contributed by atoms with Gasteiger partial charge in [-0.05, 0) is 114 Å². The minimum atomic E-state index is -0.418. The third-order valence-electron chi connectivity index (χ3n) is 11.8. The Balaban J connectivity index is 1.07. The number of nitrogens with zero attached hydrogens (tertiary/aromatic N) is 1. The molecule has 1 heterocycles. The highest BCUT2D eigenvalue weighted by atomic mass is 16.3. The van der Waals surface area contributed by atoms with Crippen LogP contribution in [0.25, 0.3) is 98.8 Å². The zero-order chi connectivity index (χ0) is 47.9. The van der Waals surface area contributed by atoms with Gasteiger partial charge in [-0.15, -0.1) is 0 Å². The lowest BCUT2D eigenvalue weighted by molar-refractivity contribution is 0.673. The Bertz CT molecular complexity index is 4060. The summed E-state index contributed by atoms with van der Waals surface area (Å²) in [6.45, 7) is 0. The average molecular weight is 798 g/mol. The van der Waals surface area contributed by atoms with Crippen LogP contribution in [0, 0.1) is 0 Å². The van der Waals surface area contributed by atoms with Crippen LogP contribution >= 0.6 is 0 Å². The highest BCUT2D eigenvalue weighted by molar-refractivity contribution is 6.15. The number of hydrogen-bond acceptors (Lipinski definition) is 2. The first-order valence-corrected chi connectivity index (χ1v) is 20.6. The van der Waals surface area contributed by atoms with Crippen molar-refractivity contribution in [3.05, 3.63) is 236 Å². The summed E-state index contributed by atoms with van der Waals surface area (Å²) in [5.74, 6) is 0. The predicted molar refractivity (Wildman–Crippen MR) is 263 cm³/mol. The fraction of sp³-hybridized carbons (Fsp3) is 0. The minimum Gasteiger partial charge on any atom is -0.455 e. The van der Waals surface area contributed by atoms with Crippen LogP contribution < -0.4 is 4.90 Å². The number of furan rings is 1. The molecule has 0 aliphatic heterocycles. The molecule has 0 aliphatic rings. The second kappa shape index (κ2) is 14.8. The molecule has 1 aromatic heterocycles. The Kier molecular flexibility index (Phi) is 6.76. The van der Waals surface area contributed by atoms with Gasteiger partial charge in [-0.2, -0.15) is 0 Å². The normalized spacial score (nSPS) is 13.4. The predicted octanol–water partition coefficient (Wildman–Crippen LogP) is 17.2. The van der Waals surface area contributed by atoms with Crippen molar-refractivity contribution in [1.29, 1.82) is 0 Å². The smallest absolute Gasteiger partial charge is 0.143 e. The molecule has 0 saturated heterocycles. The monoisotopic (exact) mass is 797 g/mol. The van der Waals surface area contributed by atoms with Crippen LogP contribution in [0.1, 0.15) is 11.0 Å². The number of hydrogen-bond donors (Lipinski definition) is 0. The summed E-state index contributed by atoms with van der Waals surface area (Å²) in [6.07, 6.45) is 0. The Hall–Kier alpha value is -8.20. The molecule has 12 rings (SSSR count). The first kappa shape index (κ1) is 28.3. The Morgan fingerprint density at radius 3 is 1.48 bits per heavy atom. The Labute approximate surface area is 371 Å².